The minimum Gasteiger partial charge on any atom is -0.492 e. The minimum absolute atomic E-state index is 0.0831. The number of amides is 1. The van der Waals surface area contributed by atoms with Gasteiger partial charge >= 0.3 is 0 Å². The van der Waals surface area contributed by atoms with Gasteiger partial charge < -0.3 is 19.1 Å². The van der Waals surface area contributed by atoms with Crippen LogP contribution in [0.2, 0.25) is 0 Å². The zero-order chi connectivity index (χ0) is 30.1. The monoisotopic (exact) mass is 581 g/mol. The smallest absolute Gasteiger partial charge is 0.254 e. The lowest BCUT2D eigenvalue weighted by molar-refractivity contribution is -0.133. The highest BCUT2D eigenvalue weighted by molar-refractivity contribution is 5.78. The number of aromatic nitrogens is 2. The first-order valence-electron chi connectivity index (χ1n) is 15.6. The molecule has 1 amide bonds. The van der Waals surface area contributed by atoms with Crippen LogP contribution in [-0.4, -0.2) is 76.7 Å². The fourth-order valence-corrected chi connectivity index (χ4v) is 7.06. The van der Waals surface area contributed by atoms with Crippen LogP contribution in [0.5, 0.6) is 5.75 Å². The number of allylic oxidation sites excluding steroid dienone is 1. The Morgan fingerprint density at radius 1 is 1.02 bits per heavy atom. The number of nitrogens with zero attached hydrogens (tertiary/aromatic N) is 5. The van der Waals surface area contributed by atoms with E-state index in [2.05, 4.69) is 72.2 Å². The van der Waals surface area contributed by atoms with Crippen molar-refractivity contribution in [2.24, 2.45) is 7.05 Å². The van der Waals surface area contributed by atoms with Gasteiger partial charge in [-0.1, -0.05) is 24.3 Å². The third-order valence-electron chi connectivity index (χ3n) is 9.52. The van der Waals surface area contributed by atoms with Gasteiger partial charge in [0.05, 0.1) is 0 Å². The normalized spacial score (nSPS) is 20.8. The molecule has 2 fully saturated rings. The predicted octanol–water partition coefficient (Wildman–Crippen LogP) is 4.72. The number of carbonyl (C=O) groups is 1. The average molecular weight is 582 g/mol. The van der Waals surface area contributed by atoms with E-state index in [4.69, 9.17) is 9.72 Å². The largest absolute Gasteiger partial charge is 0.492 e. The van der Waals surface area contributed by atoms with Crippen molar-refractivity contribution in [2.75, 3.05) is 44.2 Å². The SMILES string of the molecule is CC(=O)N1C[C@@H](C)N(CCOc2ccc(C3CCN(c4ccc(-c5cn(C)c(=O)c6c5C=CC6)cn4)CC3)cc2)[C@@H](C)C1. The molecule has 0 spiro atoms. The summed E-state index contributed by atoms with van der Waals surface area (Å²) in [6.45, 7) is 11.0. The molecular weight excluding hydrogens is 538 g/mol. The summed E-state index contributed by atoms with van der Waals surface area (Å²) in [6.07, 6.45) is 10.9. The lowest BCUT2D eigenvalue weighted by atomic mass is 9.89. The van der Waals surface area contributed by atoms with Crippen molar-refractivity contribution in [2.45, 2.75) is 58.0 Å². The third-order valence-corrected chi connectivity index (χ3v) is 9.52. The molecule has 0 bridgehead atoms. The Bertz CT molecular complexity index is 1530. The van der Waals surface area contributed by atoms with Crippen molar-refractivity contribution in [3.05, 3.63) is 81.9 Å². The maximum absolute atomic E-state index is 12.5. The van der Waals surface area contributed by atoms with Gasteiger partial charge in [0, 0.05) is 87.9 Å². The van der Waals surface area contributed by atoms with Crippen LogP contribution in [0.4, 0.5) is 5.82 Å². The predicted molar refractivity (Wildman–Crippen MR) is 172 cm³/mol. The third kappa shape index (κ3) is 6.11. The molecule has 2 aromatic heterocycles. The number of piperidine rings is 1. The highest BCUT2D eigenvalue weighted by atomic mass is 16.5. The minimum atomic E-state index is 0.0831. The molecule has 4 heterocycles. The first kappa shape index (κ1) is 29.2. The number of piperazine rings is 1. The van der Waals surface area contributed by atoms with Gasteiger partial charge in [0.15, 0.2) is 0 Å². The summed E-state index contributed by atoms with van der Waals surface area (Å²) in [4.78, 5) is 35.9. The molecule has 43 heavy (non-hydrogen) atoms. The molecule has 0 N–H and O–H groups in total. The van der Waals surface area contributed by atoms with Gasteiger partial charge in [0.1, 0.15) is 18.2 Å². The van der Waals surface area contributed by atoms with E-state index in [9.17, 15) is 9.59 Å². The lowest BCUT2D eigenvalue weighted by Gasteiger charge is -2.44. The molecule has 3 aliphatic rings. The maximum Gasteiger partial charge on any atom is 0.254 e. The zero-order valence-electron chi connectivity index (χ0n) is 25.8. The Morgan fingerprint density at radius 2 is 1.74 bits per heavy atom. The van der Waals surface area contributed by atoms with E-state index in [0.29, 0.717) is 31.0 Å². The molecule has 226 valence electrons. The van der Waals surface area contributed by atoms with Crippen LogP contribution in [-0.2, 0) is 18.3 Å². The molecule has 1 aliphatic carbocycles. The van der Waals surface area contributed by atoms with E-state index in [1.54, 1.807) is 11.5 Å². The van der Waals surface area contributed by atoms with Gasteiger partial charge in [-0.15, -0.1) is 0 Å². The Hall–Kier alpha value is -3.91. The zero-order valence-corrected chi connectivity index (χ0v) is 25.8. The summed E-state index contributed by atoms with van der Waals surface area (Å²) in [7, 11) is 1.82. The number of benzene rings is 1. The Morgan fingerprint density at radius 3 is 2.40 bits per heavy atom. The van der Waals surface area contributed by atoms with Crippen molar-refractivity contribution >= 4 is 17.8 Å². The molecule has 1 aromatic carbocycles. The van der Waals surface area contributed by atoms with Crippen LogP contribution in [0.3, 0.4) is 0 Å². The number of ether oxygens (including phenoxy) is 1. The molecule has 3 aromatic rings. The standard InChI is InChI=1S/C35H43N5O3/c1-24-21-39(26(3)41)22-25(2)40(24)18-19-43-30-11-8-27(9-12-30)28-14-16-38(17-15-28)34-13-10-29(20-36-34)33-23-37(4)35(42)32-7-5-6-31(32)33/h5-6,8-13,20,23-25,28H,7,14-19,21-22H2,1-4H3/t24-,25+. The second kappa shape index (κ2) is 12.4. The number of hydrogen-bond acceptors (Lipinski definition) is 6. The number of rotatable bonds is 7. The van der Waals surface area contributed by atoms with Crippen molar-refractivity contribution in [3.63, 3.8) is 0 Å². The number of anilines is 1. The van der Waals surface area contributed by atoms with E-state index in [0.717, 1.165) is 79.4 Å². The number of hydrogen-bond donors (Lipinski definition) is 0. The van der Waals surface area contributed by atoms with E-state index in [1.165, 1.54) is 5.56 Å². The van der Waals surface area contributed by atoms with Crippen LogP contribution in [0, 0.1) is 0 Å². The molecule has 0 radical (unpaired) electrons. The highest BCUT2D eigenvalue weighted by Gasteiger charge is 2.30. The van der Waals surface area contributed by atoms with Crippen LogP contribution < -0.4 is 15.2 Å². The topological polar surface area (TPSA) is 70.9 Å². The van der Waals surface area contributed by atoms with Gasteiger partial charge in [-0.2, -0.15) is 0 Å². The van der Waals surface area contributed by atoms with Gasteiger partial charge in [-0.3, -0.25) is 14.5 Å². The molecular formula is C35H43N5O3. The highest BCUT2D eigenvalue weighted by Crippen LogP contribution is 2.33. The van der Waals surface area contributed by atoms with Crippen molar-refractivity contribution < 1.29 is 9.53 Å². The molecule has 2 atom stereocenters. The fourth-order valence-electron chi connectivity index (χ4n) is 7.06. The Labute approximate surface area is 254 Å². The number of fused-ring (bicyclic) bond motifs is 1. The summed E-state index contributed by atoms with van der Waals surface area (Å²) in [5.41, 5.74) is 5.46. The Balaban J connectivity index is 0.997. The number of aryl methyl sites for hydroxylation is 1. The van der Waals surface area contributed by atoms with Gasteiger partial charge in [-0.05, 0) is 74.4 Å². The summed E-state index contributed by atoms with van der Waals surface area (Å²) < 4.78 is 7.80. The van der Waals surface area contributed by atoms with E-state index >= 15 is 0 Å². The second-order valence-corrected chi connectivity index (χ2v) is 12.4. The first-order chi connectivity index (χ1) is 20.8. The molecule has 0 saturated carbocycles. The van der Waals surface area contributed by atoms with Crippen molar-refractivity contribution in [3.8, 4) is 16.9 Å². The molecule has 0 unspecified atom stereocenters. The van der Waals surface area contributed by atoms with Crippen LogP contribution in [0.15, 0.2) is 59.7 Å². The van der Waals surface area contributed by atoms with Crippen LogP contribution >= 0.6 is 0 Å². The van der Waals surface area contributed by atoms with Gasteiger partial charge in [-0.25, -0.2) is 4.98 Å². The van der Waals surface area contributed by atoms with Crippen LogP contribution in [0.1, 0.15) is 56.2 Å². The first-order valence-corrected chi connectivity index (χ1v) is 15.6. The molecule has 2 saturated heterocycles. The van der Waals surface area contributed by atoms with Crippen molar-refractivity contribution in [1.82, 2.24) is 19.4 Å². The second-order valence-electron chi connectivity index (χ2n) is 12.4. The van der Waals surface area contributed by atoms with Gasteiger partial charge in [0.25, 0.3) is 5.56 Å². The number of pyridine rings is 2. The quantitative estimate of drug-likeness (QED) is 0.402. The molecule has 8 heteroatoms. The lowest BCUT2D eigenvalue weighted by Crippen LogP contribution is -2.58. The van der Waals surface area contributed by atoms with E-state index in [-0.39, 0.29) is 11.5 Å². The average Bonchev–Trinajstić information content (AvgIpc) is 3.51. The summed E-state index contributed by atoms with van der Waals surface area (Å²) in [5.74, 6) is 2.61. The maximum atomic E-state index is 12.5. The molecule has 6 rings (SSSR count). The van der Waals surface area contributed by atoms with Crippen LogP contribution in [0.25, 0.3) is 17.2 Å². The summed E-state index contributed by atoms with van der Waals surface area (Å²) in [6, 6.07) is 13.6. The van der Waals surface area contributed by atoms with E-state index < -0.39 is 0 Å². The van der Waals surface area contributed by atoms with Crippen molar-refractivity contribution in [1.29, 1.82) is 0 Å². The number of carbonyl (C=O) groups excluding carboxylic acids is 1. The molecule has 8 nitrogen and oxygen atoms in total. The van der Waals surface area contributed by atoms with Gasteiger partial charge in [0.2, 0.25) is 5.91 Å². The molecule has 2 aliphatic heterocycles. The van der Waals surface area contributed by atoms with E-state index in [1.807, 2.05) is 24.3 Å². The summed E-state index contributed by atoms with van der Waals surface area (Å²) >= 11 is 0. The Kier molecular flexibility index (Phi) is 8.39. The summed E-state index contributed by atoms with van der Waals surface area (Å²) in [5, 5.41) is 0. The fraction of sp³-hybridized carbons (Fsp3) is 0.457.